The third kappa shape index (κ3) is 3.62. The van der Waals surface area contributed by atoms with Crippen LogP contribution in [0.25, 0.3) is 0 Å². The quantitative estimate of drug-likeness (QED) is 0.892. The second kappa shape index (κ2) is 5.87. The van der Waals surface area contributed by atoms with E-state index in [4.69, 9.17) is 0 Å². The van der Waals surface area contributed by atoms with E-state index in [1.165, 1.54) is 30.3 Å². The van der Waals surface area contributed by atoms with Gasteiger partial charge in [-0.15, -0.1) is 0 Å². The first-order valence-corrected chi connectivity index (χ1v) is 8.17. The van der Waals surface area contributed by atoms with Crippen LogP contribution in [0.4, 0.5) is 5.69 Å². The lowest BCUT2D eigenvalue weighted by Crippen LogP contribution is -2.22. The summed E-state index contributed by atoms with van der Waals surface area (Å²) in [5.74, 6) is -1.31. The molecule has 5 nitrogen and oxygen atoms in total. The second-order valence-corrected chi connectivity index (χ2v) is 6.95. The number of hydrogen-bond acceptors (Lipinski definition) is 4. The van der Waals surface area contributed by atoms with Gasteiger partial charge >= 0.3 is 0 Å². The van der Waals surface area contributed by atoms with Gasteiger partial charge in [-0.2, -0.15) is 0 Å². The number of rotatable bonds is 4. The zero-order valence-electron chi connectivity index (χ0n) is 11.0. The van der Waals surface area contributed by atoms with Crippen molar-refractivity contribution in [1.82, 2.24) is 0 Å². The van der Waals surface area contributed by atoms with E-state index in [1.807, 2.05) is 0 Å². The summed E-state index contributed by atoms with van der Waals surface area (Å²) < 4.78 is 27.7. The van der Waals surface area contributed by atoms with Gasteiger partial charge in [0.1, 0.15) is 0 Å². The highest BCUT2D eigenvalue weighted by molar-refractivity contribution is 9.10. The number of carbonyl (C=O) groups is 1. The van der Waals surface area contributed by atoms with Gasteiger partial charge in [0.15, 0.2) is 0 Å². The van der Waals surface area contributed by atoms with E-state index in [1.54, 1.807) is 19.1 Å². The van der Waals surface area contributed by atoms with Crippen LogP contribution < -0.4 is 9.83 Å². The summed E-state index contributed by atoms with van der Waals surface area (Å²) in [6.07, 6.45) is 0. The van der Waals surface area contributed by atoms with Gasteiger partial charge in [0.25, 0.3) is 10.0 Å². The predicted octanol–water partition coefficient (Wildman–Crippen LogP) is 1.92. The molecule has 0 bridgehead atoms. The Labute approximate surface area is 130 Å². The standard InChI is InChI=1S/C14H12BrNO4S/c1-9-2-5-11(15)8-13(9)21(19,20)16-12-6-3-10(4-7-12)14(17)18/h2-8,16H,1H3,(H,17,18)/p-1. The van der Waals surface area contributed by atoms with Crippen LogP contribution in [0.5, 0.6) is 0 Å². The maximum Gasteiger partial charge on any atom is 0.262 e. The van der Waals surface area contributed by atoms with Gasteiger partial charge in [0.2, 0.25) is 0 Å². The molecule has 0 aromatic heterocycles. The first kappa shape index (κ1) is 15.5. The molecule has 0 unspecified atom stereocenters. The Morgan fingerprint density at radius 1 is 1.14 bits per heavy atom. The minimum absolute atomic E-state index is 0.0171. The molecular weight excluding hydrogens is 358 g/mol. The minimum Gasteiger partial charge on any atom is -0.545 e. The highest BCUT2D eigenvalue weighted by Crippen LogP contribution is 2.23. The number of hydrogen-bond donors (Lipinski definition) is 1. The van der Waals surface area contributed by atoms with Gasteiger partial charge in [0, 0.05) is 10.2 Å². The Kier molecular flexibility index (Phi) is 4.34. The lowest BCUT2D eigenvalue weighted by atomic mass is 10.2. The van der Waals surface area contributed by atoms with E-state index in [-0.39, 0.29) is 16.1 Å². The monoisotopic (exact) mass is 368 g/mol. The third-order valence-corrected chi connectivity index (χ3v) is 4.83. The van der Waals surface area contributed by atoms with Gasteiger partial charge in [-0.05, 0) is 42.3 Å². The molecule has 1 N–H and O–H groups in total. The molecule has 2 aromatic carbocycles. The molecule has 0 aliphatic heterocycles. The largest absolute Gasteiger partial charge is 0.545 e. The SMILES string of the molecule is Cc1ccc(Br)cc1S(=O)(=O)Nc1ccc(C(=O)[O-])cc1. The van der Waals surface area contributed by atoms with Crippen LogP contribution >= 0.6 is 15.9 Å². The average Bonchev–Trinajstić information content (AvgIpc) is 2.41. The fraction of sp³-hybridized carbons (Fsp3) is 0.0714. The number of carbonyl (C=O) groups excluding carboxylic acids is 1. The smallest absolute Gasteiger partial charge is 0.262 e. The average molecular weight is 369 g/mol. The lowest BCUT2D eigenvalue weighted by molar-refractivity contribution is -0.255. The second-order valence-electron chi connectivity index (χ2n) is 4.38. The molecule has 0 amide bonds. The molecule has 0 aliphatic rings. The Morgan fingerprint density at radius 3 is 2.33 bits per heavy atom. The van der Waals surface area contributed by atoms with Crippen LogP contribution in [-0.4, -0.2) is 14.4 Å². The molecule has 0 heterocycles. The van der Waals surface area contributed by atoms with Crippen molar-refractivity contribution in [2.45, 2.75) is 11.8 Å². The normalized spacial score (nSPS) is 11.1. The summed E-state index contributed by atoms with van der Waals surface area (Å²) in [6, 6.07) is 10.3. The number of aryl methyl sites for hydroxylation is 1. The van der Waals surface area contributed by atoms with E-state index in [2.05, 4.69) is 20.7 Å². The van der Waals surface area contributed by atoms with E-state index in [9.17, 15) is 18.3 Å². The van der Waals surface area contributed by atoms with Crippen LogP contribution in [0.3, 0.4) is 0 Å². The number of carboxylic acid groups (broad SMARTS) is 1. The maximum absolute atomic E-state index is 12.3. The number of benzene rings is 2. The van der Waals surface area contributed by atoms with Gasteiger partial charge in [-0.1, -0.05) is 34.1 Å². The molecule has 2 rings (SSSR count). The summed E-state index contributed by atoms with van der Waals surface area (Å²) in [5, 5.41) is 10.6. The van der Waals surface area contributed by atoms with E-state index in [0.717, 1.165) is 0 Å². The number of nitrogens with one attached hydrogen (secondary N) is 1. The number of carboxylic acids is 1. The number of sulfonamides is 1. The number of halogens is 1. The zero-order valence-corrected chi connectivity index (χ0v) is 13.4. The number of aromatic carboxylic acids is 1. The van der Waals surface area contributed by atoms with Crippen molar-refractivity contribution < 1.29 is 18.3 Å². The Balaban J connectivity index is 2.33. The van der Waals surface area contributed by atoms with Crippen LogP contribution in [0.1, 0.15) is 15.9 Å². The first-order valence-electron chi connectivity index (χ1n) is 5.90. The van der Waals surface area contributed by atoms with Crippen LogP contribution in [0.15, 0.2) is 51.8 Å². The number of anilines is 1. The molecule has 0 aliphatic carbocycles. The van der Waals surface area contributed by atoms with E-state index < -0.39 is 16.0 Å². The zero-order chi connectivity index (χ0) is 15.6. The Hall–Kier alpha value is -1.86. The lowest BCUT2D eigenvalue weighted by Gasteiger charge is -2.11. The van der Waals surface area contributed by atoms with Crippen molar-refractivity contribution in [2.75, 3.05) is 4.72 Å². The van der Waals surface area contributed by atoms with Crippen molar-refractivity contribution in [3.63, 3.8) is 0 Å². The van der Waals surface area contributed by atoms with Crippen LogP contribution in [-0.2, 0) is 10.0 Å². The minimum atomic E-state index is -3.74. The van der Waals surface area contributed by atoms with Crippen LogP contribution in [0.2, 0.25) is 0 Å². The van der Waals surface area contributed by atoms with Gasteiger partial charge in [-0.3, -0.25) is 4.72 Å². The molecule has 0 saturated carbocycles. The Bertz CT molecular complexity index is 785. The summed E-state index contributed by atoms with van der Waals surface area (Å²) >= 11 is 3.24. The summed E-state index contributed by atoms with van der Waals surface area (Å²) in [7, 11) is -3.74. The highest BCUT2D eigenvalue weighted by atomic mass is 79.9. The van der Waals surface area contributed by atoms with Crippen molar-refractivity contribution >= 4 is 37.6 Å². The van der Waals surface area contributed by atoms with Gasteiger partial charge in [0.05, 0.1) is 10.9 Å². The highest BCUT2D eigenvalue weighted by Gasteiger charge is 2.17. The maximum atomic E-state index is 12.3. The van der Waals surface area contributed by atoms with E-state index in [0.29, 0.717) is 10.0 Å². The van der Waals surface area contributed by atoms with Crippen molar-refractivity contribution in [2.24, 2.45) is 0 Å². The van der Waals surface area contributed by atoms with Crippen molar-refractivity contribution in [1.29, 1.82) is 0 Å². The van der Waals surface area contributed by atoms with Gasteiger partial charge in [-0.25, -0.2) is 8.42 Å². The van der Waals surface area contributed by atoms with Gasteiger partial charge < -0.3 is 9.90 Å². The molecule has 110 valence electrons. The van der Waals surface area contributed by atoms with Crippen molar-refractivity contribution in [3.8, 4) is 0 Å². The third-order valence-electron chi connectivity index (χ3n) is 2.81. The molecule has 7 heteroatoms. The topological polar surface area (TPSA) is 86.3 Å². The molecule has 0 atom stereocenters. The Morgan fingerprint density at radius 2 is 1.76 bits per heavy atom. The molecule has 0 fully saturated rings. The molecule has 2 aromatic rings. The molecule has 0 radical (unpaired) electrons. The van der Waals surface area contributed by atoms with E-state index >= 15 is 0 Å². The molecule has 21 heavy (non-hydrogen) atoms. The molecule has 0 spiro atoms. The van der Waals surface area contributed by atoms with Crippen molar-refractivity contribution in [3.05, 3.63) is 58.1 Å². The molecule has 0 saturated heterocycles. The summed E-state index contributed by atoms with van der Waals surface area (Å²) in [5.41, 5.74) is 0.869. The summed E-state index contributed by atoms with van der Waals surface area (Å²) in [6.45, 7) is 1.69. The fourth-order valence-electron chi connectivity index (χ4n) is 1.75. The summed E-state index contributed by atoms with van der Waals surface area (Å²) in [4.78, 5) is 10.8. The first-order chi connectivity index (χ1) is 9.79. The predicted molar refractivity (Wildman–Crippen MR) is 80.5 cm³/mol. The molecular formula is C14H11BrNO4S-. The fourth-order valence-corrected chi connectivity index (χ4v) is 3.59. The van der Waals surface area contributed by atoms with Crippen LogP contribution in [0, 0.1) is 6.92 Å².